The second-order valence-electron chi connectivity index (χ2n) is 7.77. The van der Waals surface area contributed by atoms with Crippen LogP contribution in [-0.2, 0) is 0 Å². The predicted molar refractivity (Wildman–Crippen MR) is 119 cm³/mol. The number of hydrogen-bond acceptors (Lipinski definition) is 5. The molecule has 31 heavy (non-hydrogen) atoms. The minimum atomic E-state index is -0.00302. The van der Waals surface area contributed by atoms with Gasteiger partial charge in [0, 0.05) is 35.6 Å². The highest BCUT2D eigenvalue weighted by molar-refractivity contribution is 5.94. The lowest BCUT2D eigenvalue weighted by atomic mass is 10.1. The molecule has 0 unspecified atom stereocenters. The number of aromatic nitrogens is 2. The molecule has 0 bridgehead atoms. The second kappa shape index (κ2) is 10.1. The van der Waals surface area contributed by atoms with Crippen molar-refractivity contribution >= 4 is 5.91 Å². The van der Waals surface area contributed by atoms with Gasteiger partial charge >= 0.3 is 6.01 Å². The first-order valence-corrected chi connectivity index (χ1v) is 10.8. The van der Waals surface area contributed by atoms with E-state index in [-0.39, 0.29) is 11.9 Å². The molecule has 6 heteroatoms. The number of nitrogens with zero attached hydrogens (tertiary/aromatic N) is 2. The summed E-state index contributed by atoms with van der Waals surface area (Å²) < 4.78 is 10.9. The zero-order chi connectivity index (χ0) is 21.5. The van der Waals surface area contributed by atoms with Crippen LogP contribution in [0.15, 0.2) is 60.9 Å². The van der Waals surface area contributed by atoms with Gasteiger partial charge in [0.05, 0.1) is 7.11 Å². The van der Waals surface area contributed by atoms with Crippen LogP contribution in [0.2, 0.25) is 0 Å². The van der Waals surface area contributed by atoms with Crippen LogP contribution in [-0.4, -0.2) is 29.0 Å². The lowest BCUT2D eigenvalue weighted by Crippen LogP contribution is -2.34. The Balaban J connectivity index is 1.38. The number of amides is 1. The van der Waals surface area contributed by atoms with E-state index in [0.29, 0.717) is 23.1 Å². The van der Waals surface area contributed by atoms with Gasteiger partial charge in [0.25, 0.3) is 5.91 Å². The van der Waals surface area contributed by atoms with Gasteiger partial charge in [-0.3, -0.25) is 4.79 Å². The molecule has 0 aliphatic heterocycles. The fraction of sp³-hybridized carbons (Fsp3) is 0.320. The van der Waals surface area contributed by atoms with Gasteiger partial charge in [-0.2, -0.15) is 0 Å². The molecular weight excluding hydrogens is 390 g/mol. The van der Waals surface area contributed by atoms with Crippen molar-refractivity contribution in [3.8, 4) is 28.6 Å². The average molecular weight is 418 g/mol. The lowest BCUT2D eigenvalue weighted by Gasteiger charge is -2.16. The molecule has 160 valence electrons. The third-order valence-electron chi connectivity index (χ3n) is 5.55. The zero-order valence-electron chi connectivity index (χ0n) is 17.7. The Morgan fingerprint density at radius 1 is 0.903 bits per heavy atom. The van der Waals surface area contributed by atoms with Gasteiger partial charge in [0.1, 0.15) is 11.5 Å². The Morgan fingerprint density at radius 2 is 1.58 bits per heavy atom. The van der Waals surface area contributed by atoms with Crippen LogP contribution in [0.25, 0.3) is 11.1 Å². The molecule has 1 amide bonds. The lowest BCUT2D eigenvalue weighted by molar-refractivity contribution is 0.0933. The molecule has 4 rings (SSSR count). The fourth-order valence-electron chi connectivity index (χ4n) is 3.79. The highest BCUT2D eigenvalue weighted by atomic mass is 16.5. The van der Waals surface area contributed by atoms with Gasteiger partial charge in [0.2, 0.25) is 0 Å². The molecule has 1 aliphatic rings. The summed E-state index contributed by atoms with van der Waals surface area (Å²) in [5.74, 6) is 1.31. The first-order chi connectivity index (χ1) is 15.2. The maximum atomic E-state index is 12.6. The molecule has 1 fully saturated rings. The van der Waals surface area contributed by atoms with E-state index in [1.54, 1.807) is 25.6 Å². The van der Waals surface area contributed by atoms with E-state index in [0.717, 1.165) is 24.0 Å². The number of carbonyl (C=O) groups excluding carboxylic acids is 1. The van der Waals surface area contributed by atoms with E-state index >= 15 is 0 Å². The number of carbonyl (C=O) groups is 1. The van der Waals surface area contributed by atoms with Crippen LogP contribution >= 0.6 is 0 Å². The van der Waals surface area contributed by atoms with Gasteiger partial charge in [0.15, 0.2) is 0 Å². The molecule has 1 N–H and O–H groups in total. The van der Waals surface area contributed by atoms with E-state index in [9.17, 15) is 4.79 Å². The highest BCUT2D eigenvalue weighted by Crippen LogP contribution is 2.25. The van der Waals surface area contributed by atoms with Crippen molar-refractivity contribution in [1.29, 1.82) is 0 Å². The minimum Gasteiger partial charge on any atom is -0.497 e. The number of hydrogen-bond donors (Lipinski definition) is 1. The number of methoxy groups -OCH3 is 1. The van der Waals surface area contributed by atoms with Crippen LogP contribution in [0.1, 0.15) is 48.9 Å². The number of nitrogens with one attached hydrogen (secondary N) is 1. The summed E-state index contributed by atoms with van der Waals surface area (Å²) in [4.78, 5) is 21.2. The van der Waals surface area contributed by atoms with E-state index < -0.39 is 0 Å². The molecule has 1 saturated carbocycles. The van der Waals surface area contributed by atoms with Crippen molar-refractivity contribution in [3.05, 3.63) is 66.5 Å². The molecule has 2 aromatic carbocycles. The first-order valence-electron chi connectivity index (χ1n) is 10.8. The Labute approximate surface area is 182 Å². The Hall–Kier alpha value is -3.41. The largest absolute Gasteiger partial charge is 0.497 e. The van der Waals surface area contributed by atoms with Crippen molar-refractivity contribution in [2.45, 2.75) is 44.6 Å². The Morgan fingerprint density at radius 3 is 2.26 bits per heavy atom. The van der Waals surface area contributed by atoms with Crippen LogP contribution in [0.3, 0.4) is 0 Å². The summed E-state index contributed by atoms with van der Waals surface area (Å²) in [5.41, 5.74) is 2.47. The van der Waals surface area contributed by atoms with Gasteiger partial charge in [-0.25, -0.2) is 9.97 Å². The highest BCUT2D eigenvalue weighted by Gasteiger charge is 2.16. The van der Waals surface area contributed by atoms with Crippen LogP contribution in [0, 0.1) is 0 Å². The van der Waals surface area contributed by atoms with Crippen molar-refractivity contribution in [3.63, 3.8) is 0 Å². The summed E-state index contributed by atoms with van der Waals surface area (Å²) in [6, 6.07) is 15.4. The molecule has 0 saturated heterocycles. The molecule has 1 aliphatic carbocycles. The summed E-state index contributed by atoms with van der Waals surface area (Å²) in [6.07, 6.45) is 10.5. The average Bonchev–Trinajstić information content (AvgIpc) is 3.08. The van der Waals surface area contributed by atoms with Crippen LogP contribution < -0.4 is 14.8 Å². The molecule has 0 radical (unpaired) electrons. The third kappa shape index (κ3) is 5.60. The number of rotatable bonds is 6. The molecule has 1 aromatic heterocycles. The maximum Gasteiger partial charge on any atom is 0.321 e. The zero-order valence-corrected chi connectivity index (χ0v) is 17.7. The fourth-order valence-corrected chi connectivity index (χ4v) is 3.79. The SMILES string of the molecule is COc1cccc(Oc2ncc(-c3ccc(C(=O)NC4CCCCCC4)cc3)cn2)c1. The van der Waals surface area contributed by atoms with Crippen molar-refractivity contribution < 1.29 is 14.3 Å². The molecule has 0 atom stereocenters. The topological polar surface area (TPSA) is 73.3 Å². The minimum absolute atomic E-state index is 0.00302. The van der Waals surface area contributed by atoms with E-state index in [4.69, 9.17) is 9.47 Å². The molecule has 1 heterocycles. The molecule has 3 aromatic rings. The summed E-state index contributed by atoms with van der Waals surface area (Å²) in [5, 5.41) is 3.18. The van der Waals surface area contributed by atoms with Crippen LogP contribution in [0.5, 0.6) is 17.5 Å². The van der Waals surface area contributed by atoms with Crippen molar-refractivity contribution in [2.24, 2.45) is 0 Å². The Kier molecular flexibility index (Phi) is 6.77. The first kappa shape index (κ1) is 20.8. The number of ether oxygens (including phenoxy) is 2. The van der Waals surface area contributed by atoms with Gasteiger partial charge in [-0.05, 0) is 42.7 Å². The third-order valence-corrected chi connectivity index (χ3v) is 5.55. The standard InChI is InChI=1S/C25H27N3O3/c1-30-22-9-6-10-23(15-22)31-25-26-16-20(17-27-25)18-11-13-19(14-12-18)24(29)28-21-7-4-2-3-5-8-21/h6,9-17,21H,2-5,7-8H2,1H3,(H,28,29). The molecular formula is C25H27N3O3. The van der Waals surface area contributed by atoms with E-state index in [1.807, 2.05) is 42.5 Å². The maximum absolute atomic E-state index is 12.6. The summed E-state index contributed by atoms with van der Waals surface area (Å²) in [7, 11) is 1.61. The van der Waals surface area contributed by atoms with Gasteiger partial charge in [-0.15, -0.1) is 0 Å². The quantitative estimate of drug-likeness (QED) is 0.544. The monoisotopic (exact) mass is 417 g/mol. The smallest absolute Gasteiger partial charge is 0.321 e. The summed E-state index contributed by atoms with van der Waals surface area (Å²) >= 11 is 0. The number of benzene rings is 2. The van der Waals surface area contributed by atoms with Crippen molar-refractivity contribution in [1.82, 2.24) is 15.3 Å². The predicted octanol–water partition coefficient (Wildman–Crippen LogP) is 5.40. The second-order valence-corrected chi connectivity index (χ2v) is 7.77. The van der Waals surface area contributed by atoms with Crippen molar-refractivity contribution in [2.75, 3.05) is 7.11 Å². The van der Waals surface area contributed by atoms with Gasteiger partial charge in [-0.1, -0.05) is 43.9 Å². The Bertz CT molecular complexity index is 995. The normalized spacial score (nSPS) is 14.5. The van der Waals surface area contributed by atoms with E-state index in [1.165, 1.54) is 25.7 Å². The van der Waals surface area contributed by atoms with E-state index in [2.05, 4.69) is 15.3 Å². The van der Waals surface area contributed by atoms with Crippen LogP contribution in [0.4, 0.5) is 0 Å². The summed E-state index contributed by atoms with van der Waals surface area (Å²) in [6.45, 7) is 0. The molecule has 0 spiro atoms. The molecule has 6 nitrogen and oxygen atoms in total. The van der Waals surface area contributed by atoms with Gasteiger partial charge < -0.3 is 14.8 Å².